The van der Waals surface area contributed by atoms with Crippen molar-refractivity contribution in [1.82, 2.24) is 4.90 Å². The fourth-order valence-electron chi connectivity index (χ4n) is 3.29. The highest BCUT2D eigenvalue weighted by Gasteiger charge is 2.34. The molecule has 0 aromatic heterocycles. The lowest BCUT2D eigenvalue weighted by Gasteiger charge is -2.28. The average Bonchev–Trinajstić information content (AvgIpc) is 2.97. The molecule has 1 fully saturated rings. The molecule has 0 saturated carbocycles. The van der Waals surface area contributed by atoms with Crippen LogP contribution in [0.3, 0.4) is 0 Å². The number of nitrogens with zero attached hydrogens (tertiary/aromatic N) is 1. The van der Waals surface area contributed by atoms with E-state index in [0.29, 0.717) is 30.2 Å². The zero-order chi connectivity index (χ0) is 19.3. The number of carbonyl (C=O) groups is 1. The molecule has 1 unspecified atom stereocenters. The number of sulfone groups is 1. The molecule has 1 atom stereocenters. The Kier molecular flexibility index (Phi) is 6.75. The van der Waals surface area contributed by atoms with Crippen LogP contribution in [0, 0.1) is 0 Å². The van der Waals surface area contributed by atoms with Gasteiger partial charge in [0.05, 0.1) is 39.3 Å². The number of hydrogen-bond acceptors (Lipinski definition) is 6. The maximum atomic E-state index is 12.9. The van der Waals surface area contributed by atoms with Crippen LogP contribution in [-0.2, 0) is 21.1 Å². The van der Waals surface area contributed by atoms with Crippen LogP contribution in [0.15, 0.2) is 12.1 Å². The van der Waals surface area contributed by atoms with Crippen molar-refractivity contribution in [2.75, 3.05) is 39.4 Å². The maximum Gasteiger partial charge on any atom is 0.227 e. The minimum absolute atomic E-state index is 0.0496. The summed E-state index contributed by atoms with van der Waals surface area (Å²) in [5.41, 5.74) is 0.728. The minimum atomic E-state index is -3.05. The molecule has 146 valence electrons. The van der Waals surface area contributed by atoms with Gasteiger partial charge in [0.2, 0.25) is 11.7 Å². The Hall–Kier alpha value is -1.96. The number of methoxy groups -OCH3 is 3. The van der Waals surface area contributed by atoms with Gasteiger partial charge in [-0.1, -0.05) is 6.92 Å². The molecular weight excluding hydrogens is 358 g/mol. The molecule has 8 heteroatoms. The molecule has 2 rings (SSSR count). The van der Waals surface area contributed by atoms with E-state index in [0.717, 1.165) is 12.0 Å². The highest BCUT2D eigenvalue weighted by molar-refractivity contribution is 7.91. The van der Waals surface area contributed by atoms with E-state index in [1.54, 1.807) is 17.0 Å². The third-order valence-corrected chi connectivity index (χ3v) is 6.26. The van der Waals surface area contributed by atoms with Gasteiger partial charge in [0, 0.05) is 12.6 Å². The Morgan fingerprint density at radius 2 is 1.77 bits per heavy atom. The third kappa shape index (κ3) is 4.60. The Balaban J connectivity index is 2.23. The molecule has 0 radical (unpaired) electrons. The molecule has 1 heterocycles. The van der Waals surface area contributed by atoms with Crippen LogP contribution >= 0.6 is 0 Å². The fraction of sp³-hybridized carbons (Fsp3) is 0.611. The number of rotatable bonds is 8. The molecule has 1 aliphatic heterocycles. The van der Waals surface area contributed by atoms with Gasteiger partial charge in [-0.2, -0.15) is 0 Å². The van der Waals surface area contributed by atoms with Crippen molar-refractivity contribution in [2.24, 2.45) is 0 Å². The largest absolute Gasteiger partial charge is 0.493 e. The summed E-state index contributed by atoms with van der Waals surface area (Å²) < 4.78 is 39.5. The smallest absolute Gasteiger partial charge is 0.227 e. The van der Waals surface area contributed by atoms with Crippen LogP contribution in [0.2, 0.25) is 0 Å². The fourth-order valence-corrected chi connectivity index (χ4v) is 5.02. The standard InChI is InChI=1S/C18H27NO6S/c1-5-7-19(14-6-8-26(21,22)12-14)17(20)11-13-9-15(23-2)18(25-4)16(10-13)24-3/h9-10,14H,5-8,11-12H2,1-4H3. The summed E-state index contributed by atoms with van der Waals surface area (Å²) in [7, 11) is 1.52. The van der Waals surface area contributed by atoms with Gasteiger partial charge in [0.15, 0.2) is 21.3 Å². The third-order valence-electron chi connectivity index (χ3n) is 4.51. The molecule has 1 aromatic carbocycles. The van der Waals surface area contributed by atoms with Gasteiger partial charge < -0.3 is 19.1 Å². The number of carbonyl (C=O) groups excluding carboxylic acids is 1. The Morgan fingerprint density at radius 1 is 1.15 bits per heavy atom. The van der Waals surface area contributed by atoms with Gasteiger partial charge in [0.25, 0.3) is 0 Å². The van der Waals surface area contributed by atoms with Crippen LogP contribution in [0.5, 0.6) is 17.2 Å². The molecule has 0 bridgehead atoms. The molecule has 0 N–H and O–H groups in total. The topological polar surface area (TPSA) is 82.1 Å². The summed E-state index contributed by atoms with van der Waals surface area (Å²) in [6.07, 6.45) is 1.42. The van der Waals surface area contributed by atoms with E-state index in [2.05, 4.69) is 0 Å². The molecule has 7 nitrogen and oxygen atoms in total. The normalized spacial score (nSPS) is 18.4. The quantitative estimate of drug-likeness (QED) is 0.677. The first kappa shape index (κ1) is 20.4. The maximum absolute atomic E-state index is 12.9. The molecule has 1 aromatic rings. The molecular formula is C18H27NO6S. The lowest BCUT2D eigenvalue weighted by molar-refractivity contribution is -0.132. The monoisotopic (exact) mass is 385 g/mol. The number of benzene rings is 1. The molecule has 1 amide bonds. The highest BCUT2D eigenvalue weighted by atomic mass is 32.2. The second-order valence-electron chi connectivity index (χ2n) is 6.35. The van der Waals surface area contributed by atoms with Gasteiger partial charge in [0.1, 0.15) is 0 Å². The zero-order valence-corrected chi connectivity index (χ0v) is 16.6. The van der Waals surface area contributed by atoms with E-state index in [-0.39, 0.29) is 29.9 Å². The second-order valence-corrected chi connectivity index (χ2v) is 8.58. The number of hydrogen-bond donors (Lipinski definition) is 0. The minimum Gasteiger partial charge on any atom is -0.493 e. The molecule has 26 heavy (non-hydrogen) atoms. The zero-order valence-electron chi connectivity index (χ0n) is 15.8. The number of ether oxygens (including phenoxy) is 3. The van der Waals surface area contributed by atoms with E-state index in [9.17, 15) is 13.2 Å². The van der Waals surface area contributed by atoms with Gasteiger partial charge in [-0.05, 0) is 30.5 Å². The number of amides is 1. The van der Waals surface area contributed by atoms with E-state index in [4.69, 9.17) is 14.2 Å². The molecule has 1 aliphatic rings. The van der Waals surface area contributed by atoms with Crippen LogP contribution < -0.4 is 14.2 Å². The summed E-state index contributed by atoms with van der Waals surface area (Å²) in [5, 5.41) is 0. The van der Waals surface area contributed by atoms with Crippen molar-refractivity contribution >= 4 is 15.7 Å². The van der Waals surface area contributed by atoms with E-state index >= 15 is 0 Å². The summed E-state index contributed by atoms with van der Waals surface area (Å²) in [5.74, 6) is 1.55. The summed E-state index contributed by atoms with van der Waals surface area (Å²) in [4.78, 5) is 14.6. The van der Waals surface area contributed by atoms with Crippen molar-refractivity contribution in [3.05, 3.63) is 17.7 Å². The SMILES string of the molecule is CCCN(C(=O)Cc1cc(OC)c(OC)c(OC)c1)C1CCS(=O)(=O)C1. The van der Waals surface area contributed by atoms with Crippen molar-refractivity contribution < 1.29 is 27.4 Å². The first-order valence-electron chi connectivity index (χ1n) is 8.64. The van der Waals surface area contributed by atoms with E-state index < -0.39 is 9.84 Å². The molecule has 1 saturated heterocycles. The predicted octanol–water partition coefficient (Wildman–Crippen LogP) is 1.68. The highest BCUT2D eigenvalue weighted by Crippen LogP contribution is 2.38. The van der Waals surface area contributed by atoms with E-state index in [1.807, 2.05) is 6.92 Å². The van der Waals surface area contributed by atoms with Crippen molar-refractivity contribution in [2.45, 2.75) is 32.2 Å². The summed E-state index contributed by atoms with van der Waals surface area (Å²) in [6.45, 7) is 2.52. The first-order valence-corrected chi connectivity index (χ1v) is 10.5. The van der Waals surface area contributed by atoms with Gasteiger partial charge >= 0.3 is 0 Å². The van der Waals surface area contributed by atoms with Crippen LogP contribution in [0.4, 0.5) is 0 Å². The summed E-state index contributed by atoms with van der Waals surface area (Å²) >= 11 is 0. The lowest BCUT2D eigenvalue weighted by Crippen LogP contribution is -2.42. The van der Waals surface area contributed by atoms with Gasteiger partial charge in [-0.3, -0.25) is 4.79 Å². The van der Waals surface area contributed by atoms with Crippen LogP contribution in [-0.4, -0.2) is 64.6 Å². The first-order chi connectivity index (χ1) is 12.3. The molecule has 0 spiro atoms. The van der Waals surface area contributed by atoms with Crippen molar-refractivity contribution in [3.8, 4) is 17.2 Å². The molecule has 0 aliphatic carbocycles. The van der Waals surface area contributed by atoms with Gasteiger partial charge in [-0.15, -0.1) is 0 Å². The summed E-state index contributed by atoms with van der Waals surface area (Å²) in [6, 6.07) is 3.25. The Bertz CT molecular complexity index is 721. The second kappa shape index (κ2) is 8.62. The van der Waals surface area contributed by atoms with E-state index in [1.165, 1.54) is 21.3 Å². The average molecular weight is 385 g/mol. The van der Waals surface area contributed by atoms with Crippen LogP contribution in [0.25, 0.3) is 0 Å². The predicted molar refractivity (Wildman–Crippen MR) is 98.9 cm³/mol. The Labute approximate surface area is 155 Å². The van der Waals surface area contributed by atoms with Crippen molar-refractivity contribution in [1.29, 1.82) is 0 Å². The van der Waals surface area contributed by atoms with Crippen molar-refractivity contribution in [3.63, 3.8) is 0 Å². The van der Waals surface area contributed by atoms with Gasteiger partial charge in [-0.25, -0.2) is 8.42 Å². The van der Waals surface area contributed by atoms with Crippen LogP contribution in [0.1, 0.15) is 25.3 Å². The Morgan fingerprint density at radius 3 is 2.19 bits per heavy atom. The lowest BCUT2D eigenvalue weighted by atomic mass is 10.1.